The van der Waals surface area contributed by atoms with Gasteiger partial charge in [-0.15, -0.1) is 0 Å². The number of benzene rings is 1. The molecule has 0 spiro atoms. The molecular formula is C13H19NO3. The zero-order valence-electron chi connectivity index (χ0n) is 10.5. The van der Waals surface area contributed by atoms with Gasteiger partial charge in [0.05, 0.1) is 13.2 Å². The average molecular weight is 237 g/mol. The quantitative estimate of drug-likeness (QED) is 0.789. The van der Waals surface area contributed by atoms with Crippen molar-refractivity contribution < 1.29 is 14.3 Å². The van der Waals surface area contributed by atoms with E-state index >= 15 is 0 Å². The maximum atomic E-state index is 11.2. The molecular weight excluding hydrogens is 218 g/mol. The number of methoxy groups -OCH3 is 1. The summed E-state index contributed by atoms with van der Waals surface area (Å²) in [5.41, 5.74) is 6.66. The van der Waals surface area contributed by atoms with Gasteiger partial charge >= 0.3 is 5.97 Å². The van der Waals surface area contributed by atoms with Crippen molar-refractivity contribution in [2.24, 2.45) is 5.73 Å². The number of rotatable bonds is 5. The maximum absolute atomic E-state index is 11.2. The Kier molecular flexibility index (Phi) is 4.97. The first-order chi connectivity index (χ1) is 8.02. The van der Waals surface area contributed by atoms with E-state index in [1.807, 2.05) is 38.1 Å². The molecule has 0 saturated heterocycles. The zero-order valence-corrected chi connectivity index (χ0v) is 10.5. The van der Waals surface area contributed by atoms with E-state index in [1.165, 1.54) is 7.11 Å². The number of ether oxygens (including phenoxy) is 2. The molecule has 4 nitrogen and oxygen atoms in total. The van der Waals surface area contributed by atoms with Gasteiger partial charge in [0, 0.05) is 0 Å². The summed E-state index contributed by atoms with van der Waals surface area (Å²) in [6.07, 6.45) is 0.618. The molecule has 4 heteroatoms. The van der Waals surface area contributed by atoms with Gasteiger partial charge in [-0.25, -0.2) is 0 Å². The fraction of sp³-hybridized carbons (Fsp3) is 0.462. The normalized spacial score (nSPS) is 12.3. The molecule has 1 atom stereocenters. The van der Waals surface area contributed by atoms with Crippen molar-refractivity contribution in [3.8, 4) is 5.75 Å². The average Bonchev–Trinajstić information content (AvgIpc) is 2.30. The van der Waals surface area contributed by atoms with Crippen LogP contribution in [-0.2, 0) is 16.0 Å². The van der Waals surface area contributed by atoms with Crippen LogP contribution in [0.2, 0.25) is 0 Å². The smallest absolute Gasteiger partial charge is 0.322 e. The van der Waals surface area contributed by atoms with E-state index in [1.54, 1.807) is 0 Å². The van der Waals surface area contributed by atoms with Crippen LogP contribution in [0.5, 0.6) is 5.75 Å². The van der Waals surface area contributed by atoms with Crippen molar-refractivity contribution in [3.63, 3.8) is 0 Å². The molecule has 0 amide bonds. The standard InChI is InChI=1S/C13H19NO3/c1-9(2)17-11-6-4-10(5-7-11)8-12(14)13(15)16-3/h4-7,9,12H,8,14H2,1-3H3/t12-/m1/s1. The predicted octanol–water partition coefficient (Wildman–Crippen LogP) is 1.52. The molecule has 0 aliphatic carbocycles. The van der Waals surface area contributed by atoms with Crippen LogP contribution in [0.4, 0.5) is 0 Å². The van der Waals surface area contributed by atoms with Gasteiger partial charge in [-0.1, -0.05) is 12.1 Å². The fourth-order valence-electron chi connectivity index (χ4n) is 1.46. The van der Waals surface area contributed by atoms with E-state index in [4.69, 9.17) is 10.5 Å². The molecule has 0 bridgehead atoms. The highest BCUT2D eigenvalue weighted by molar-refractivity contribution is 5.75. The minimum absolute atomic E-state index is 0.151. The molecule has 0 fully saturated rings. The van der Waals surface area contributed by atoms with E-state index in [9.17, 15) is 4.79 Å². The number of hydrogen-bond acceptors (Lipinski definition) is 4. The number of hydrogen-bond donors (Lipinski definition) is 1. The molecule has 1 aromatic rings. The zero-order chi connectivity index (χ0) is 12.8. The highest BCUT2D eigenvalue weighted by Crippen LogP contribution is 2.14. The van der Waals surface area contributed by atoms with E-state index < -0.39 is 12.0 Å². The van der Waals surface area contributed by atoms with E-state index in [0.29, 0.717) is 6.42 Å². The van der Waals surface area contributed by atoms with Crippen LogP contribution < -0.4 is 10.5 Å². The van der Waals surface area contributed by atoms with E-state index in [-0.39, 0.29) is 6.10 Å². The molecule has 0 radical (unpaired) electrons. The molecule has 0 aliphatic rings. The molecule has 17 heavy (non-hydrogen) atoms. The number of carbonyl (C=O) groups excluding carboxylic acids is 1. The first-order valence-electron chi connectivity index (χ1n) is 5.62. The van der Waals surface area contributed by atoms with Gasteiger partial charge in [0.15, 0.2) is 0 Å². The summed E-state index contributed by atoms with van der Waals surface area (Å²) in [7, 11) is 1.34. The van der Waals surface area contributed by atoms with Gasteiger partial charge in [0.25, 0.3) is 0 Å². The molecule has 94 valence electrons. The summed E-state index contributed by atoms with van der Waals surface area (Å²) in [6, 6.07) is 6.94. The summed E-state index contributed by atoms with van der Waals surface area (Å²) < 4.78 is 10.1. The minimum Gasteiger partial charge on any atom is -0.491 e. The molecule has 2 N–H and O–H groups in total. The third-order valence-electron chi connectivity index (χ3n) is 2.25. The Morgan fingerprint density at radius 3 is 2.35 bits per heavy atom. The Balaban J connectivity index is 2.59. The largest absolute Gasteiger partial charge is 0.491 e. The Morgan fingerprint density at radius 1 is 1.29 bits per heavy atom. The Bertz CT molecular complexity index is 359. The third kappa shape index (κ3) is 4.44. The molecule has 1 rings (SSSR count). The van der Waals surface area contributed by atoms with E-state index in [2.05, 4.69) is 4.74 Å². The first-order valence-corrected chi connectivity index (χ1v) is 5.62. The monoisotopic (exact) mass is 237 g/mol. The second-order valence-corrected chi connectivity index (χ2v) is 4.14. The van der Waals surface area contributed by atoms with Crippen LogP contribution in [0.25, 0.3) is 0 Å². The van der Waals surface area contributed by atoms with Gasteiger partial charge in [-0.3, -0.25) is 4.79 Å². The molecule has 0 saturated carbocycles. The lowest BCUT2D eigenvalue weighted by Crippen LogP contribution is -2.33. The first kappa shape index (κ1) is 13.5. The Morgan fingerprint density at radius 2 is 1.88 bits per heavy atom. The lowest BCUT2D eigenvalue weighted by atomic mass is 10.1. The predicted molar refractivity (Wildman–Crippen MR) is 65.9 cm³/mol. The topological polar surface area (TPSA) is 61.5 Å². The van der Waals surface area contributed by atoms with Gasteiger partial charge < -0.3 is 15.2 Å². The molecule has 1 aromatic carbocycles. The van der Waals surface area contributed by atoms with Gasteiger partial charge in [0.1, 0.15) is 11.8 Å². The highest BCUT2D eigenvalue weighted by Gasteiger charge is 2.13. The van der Waals surface area contributed by atoms with Crippen LogP contribution in [0.1, 0.15) is 19.4 Å². The van der Waals surface area contributed by atoms with E-state index in [0.717, 1.165) is 11.3 Å². The van der Waals surface area contributed by atoms with Gasteiger partial charge in [0.2, 0.25) is 0 Å². The second-order valence-electron chi connectivity index (χ2n) is 4.14. The number of esters is 1. The highest BCUT2D eigenvalue weighted by atomic mass is 16.5. The van der Waals surface area contributed by atoms with Crippen molar-refractivity contribution in [3.05, 3.63) is 29.8 Å². The molecule has 0 aliphatic heterocycles. The van der Waals surface area contributed by atoms with Gasteiger partial charge in [-0.2, -0.15) is 0 Å². The maximum Gasteiger partial charge on any atom is 0.322 e. The molecule has 0 unspecified atom stereocenters. The summed E-state index contributed by atoms with van der Waals surface area (Å²) in [4.78, 5) is 11.2. The van der Waals surface area contributed by atoms with Crippen LogP contribution in [0, 0.1) is 0 Å². The van der Waals surface area contributed by atoms with Crippen molar-refractivity contribution >= 4 is 5.97 Å². The van der Waals surface area contributed by atoms with Crippen LogP contribution >= 0.6 is 0 Å². The van der Waals surface area contributed by atoms with Crippen molar-refractivity contribution in [2.45, 2.75) is 32.4 Å². The second kappa shape index (κ2) is 6.25. The fourth-order valence-corrected chi connectivity index (χ4v) is 1.46. The van der Waals surface area contributed by atoms with Crippen LogP contribution in [0.15, 0.2) is 24.3 Å². The Labute approximate surface area is 102 Å². The summed E-state index contributed by atoms with van der Waals surface area (Å²) in [6.45, 7) is 3.95. The van der Waals surface area contributed by atoms with Crippen LogP contribution in [-0.4, -0.2) is 25.2 Å². The van der Waals surface area contributed by atoms with Crippen LogP contribution in [0.3, 0.4) is 0 Å². The number of nitrogens with two attached hydrogens (primary N) is 1. The third-order valence-corrected chi connectivity index (χ3v) is 2.25. The molecule has 0 heterocycles. The van der Waals surface area contributed by atoms with Crippen molar-refractivity contribution in [1.29, 1.82) is 0 Å². The van der Waals surface area contributed by atoms with Gasteiger partial charge in [-0.05, 0) is 38.0 Å². The summed E-state index contributed by atoms with van der Waals surface area (Å²) >= 11 is 0. The molecule has 0 aromatic heterocycles. The SMILES string of the molecule is COC(=O)[C@H](N)Cc1ccc(OC(C)C)cc1. The lowest BCUT2D eigenvalue weighted by molar-refractivity contribution is -0.142. The lowest BCUT2D eigenvalue weighted by Gasteiger charge is -2.11. The van der Waals surface area contributed by atoms with Crippen molar-refractivity contribution in [2.75, 3.05) is 7.11 Å². The summed E-state index contributed by atoms with van der Waals surface area (Å²) in [5.74, 6) is 0.419. The minimum atomic E-state index is -0.614. The summed E-state index contributed by atoms with van der Waals surface area (Å²) in [5, 5.41) is 0. The number of carbonyl (C=O) groups is 1. The Hall–Kier alpha value is -1.55. The van der Waals surface area contributed by atoms with Crippen molar-refractivity contribution in [1.82, 2.24) is 0 Å².